The zero-order valence-corrected chi connectivity index (χ0v) is 11.2. The number of hydrogen-bond acceptors (Lipinski definition) is 1. The van der Waals surface area contributed by atoms with E-state index in [1.807, 2.05) is 0 Å². The molecule has 0 unspecified atom stereocenters. The van der Waals surface area contributed by atoms with Gasteiger partial charge in [-0.2, -0.15) is 0 Å². The normalized spacial score (nSPS) is 10.8. The number of rotatable bonds is 5. The topological polar surface area (TPSA) is 17.1 Å². The summed E-state index contributed by atoms with van der Waals surface area (Å²) in [5.41, 5.74) is 4.28. The molecule has 0 aromatic carbocycles. The first-order valence-corrected chi connectivity index (χ1v) is 5.89. The van der Waals surface area contributed by atoms with Crippen molar-refractivity contribution in [2.45, 2.75) is 53.9 Å². The van der Waals surface area contributed by atoms with Gasteiger partial charge in [0.25, 0.3) is 0 Å². The lowest BCUT2D eigenvalue weighted by molar-refractivity contribution is -0.113. The molecule has 0 heterocycles. The molecule has 0 aliphatic carbocycles. The van der Waals surface area contributed by atoms with Crippen LogP contribution in [-0.4, -0.2) is 5.78 Å². The molecule has 0 aromatic heterocycles. The van der Waals surface area contributed by atoms with Crippen molar-refractivity contribution in [2.75, 3.05) is 0 Å². The lowest BCUT2D eigenvalue weighted by Gasteiger charge is -2.24. The van der Waals surface area contributed by atoms with Crippen LogP contribution in [0.5, 0.6) is 0 Å². The second-order valence-electron chi connectivity index (χ2n) is 4.46. The van der Waals surface area contributed by atoms with E-state index in [4.69, 9.17) is 11.6 Å². The van der Waals surface area contributed by atoms with Crippen molar-refractivity contribution in [3.63, 3.8) is 0 Å². The molecule has 0 N–H and O–H groups in total. The summed E-state index contributed by atoms with van der Waals surface area (Å²) in [5.74, 6) is -0.114. The molecular weight excluding hydrogens is 208 g/mol. The van der Waals surface area contributed by atoms with E-state index in [1.54, 1.807) is 0 Å². The monoisotopic (exact) mass is 228 g/mol. The Balaban J connectivity index is 5.31. The number of carbonyl (C=O) groups is 1. The number of ketones is 1. The molecule has 0 aliphatic heterocycles. The largest absolute Gasteiger partial charge is 0.293 e. The van der Waals surface area contributed by atoms with Crippen molar-refractivity contribution in [1.29, 1.82) is 0 Å². The van der Waals surface area contributed by atoms with Crippen LogP contribution in [0, 0.1) is 5.41 Å². The first-order valence-electron chi connectivity index (χ1n) is 5.51. The van der Waals surface area contributed by atoms with Gasteiger partial charge in [-0.3, -0.25) is 4.79 Å². The van der Waals surface area contributed by atoms with E-state index in [2.05, 4.69) is 33.4 Å². The van der Waals surface area contributed by atoms with Crippen LogP contribution in [0.25, 0.3) is 0 Å². The predicted molar refractivity (Wildman–Crippen MR) is 66.1 cm³/mol. The van der Waals surface area contributed by atoms with E-state index in [0.29, 0.717) is 0 Å². The van der Waals surface area contributed by atoms with Gasteiger partial charge in [-0.05, 0) is 23.8 Å². The number of halogens is 1. The zero-order chi connectivity index (χ0) is 12.1. The van der Waals surface area contributed by atoms with Crippen LogP contribution in [0.1, 0.15) is 53.9 Å². The molecule has 0 radical (unpaired) electrons. The van der Waals surface area contributed by atoms with Gasteiger partial charge in [-0.1, -0.05) is 51.4 Å². The molecule has 0 bridgehead atoms. The van der Waals surface area contributed by atoms with Crippen LogP contribution in [-0.2, 0) is 4.79 Å². The van der Waals surface area contributed by atoms with Gasteiger partial charge in [0.05, 0.1) is 0 Å². The van der Waals surface area contributed by atoms with Crippen molar-refractivity contribution >= 4 is 17.4 Å². The molecule has 0 saturated heterocycles. The van der Waals surface area contributed by atoms with Crippen molar-refractivity contribution in [1.82, 2.24) is 0 Å². The number of carbonyl (C=O) groups excluding carboxylic acids is 1. The number of allylic oxidation sites excluding steroid dienone is 1. The smallest absolute Gasteiger partial charge is 0.178 e. The van der Waals surface area contributed by atoms with Gasteiger partial charge < -0.3 is 0 Å². The minimum absolute atomic E-state index is 0.0750. The van der Waals surface area contributed by atoms with E-state index in [1.165, 1.54) is 6.92 Å². The summed E-state index contributed by atoms with van der Waals surface area (Å²) >= 11 is 5.84. The third-order valence-electron chi connectivity index (χ3n) is 2.77. The molecule has 0 rings (SSSR count). The quantitative estimate of drug-likeness (QED) is 0.502. The molecule has 2 heteroatoms. The van der Waals surface area contributed by atoms with Crippen molar-refractivity contribution in [3.05, 3.63) is 16.3 Å². The number of Topliss-reactive ketones (excluding diaryl/α,β-unsaturated/α-hetero) is 1. The lowest BCUT2D eigenvalue weighted by Crippen LogP contribution is -2.13. The van der Waals surface area contributed by atoms with E-state index in [0.717, 1.165) is 24.8 Å². The summed E-state index contributed by atoms with van der Waals surface area (Å²) in [6.45, 7) is 10.1. The second kappa shape index (κ2) is 6.15. The molecule has 15 heavy (non-hydrogen) atoms. The average molecular weight is 229 g/mol. The van der Waals surface area contributed by atoms with Gasteiger partial charge in [0.1, 0.15) is 5.03 Å². The Labute approximate surface area is 98.2 Å². The Morgan fingerprint density at radius 1 is 1.33 bits per heavy atom. The van der Waals surface area contributed by atoms with Crippen molar-refractivity contribution in [3.8, 4) is 0 Å². The first kappa shape index (κ1) is 14.5. The van der Waals surface area contributed by atoms with E-state index >= 15 is 0 Å². The molecule has 0 fully saturated rings. The predicted octanol–water partition coefficient (Wildman–Crippen LogP) is 4.46. The molecule has 0 spiro atoms. The van der Waals surface area contributed by atoms with Gasteiger partial charge in [0.2, 0.25) is 0 Å². The van der Waals surface area contributed by atoms with Crippen molar-refractivity contribution in [2.24, 2.45) is 5.41 Å². The van der Waals surface area contributed by atoms with Crippen LogP contribution in [0.3, 0.4) is 0 Å². The SMILES string of the molecule is CCCC(=C=C(Cl)C(C)=O)C(C)(C)CC. The van der Waals surface area contributed by atoms with Crippen LogP contribution < -0.4 is 0 Å². The summed E-state index contributed by atoms with van der Waals surface area (Å²) in [4.78, 5) is 11.1. The molecule has 1 nitrogen and oxygen atoms in total. The standard InChI is InChI=1S/C13H21ClO/c1-6-8-11(13(4,5)7-2)9-12(14)10(3)15/h6-8H2,1-5H3. The van der Waals surface area contributed by atoms with Crippen molar-refractivity contribution < 1.29 is 4.79 Å². The molecule has 0 aromatic rings. The van der Waals surface area contributed by atoms with E-state index < -0.39 is 0 Å². The highest BCUT2D eigenvalue weighted by molar-refractivity contribution is 6.42. The van der Waals surface area contributed by atoms with Gasteiger partial charge >= 0.3 is 0 Å². The number of hydrogen-bond donors (Lipinski definition) is 0. The Morgan fingerprint density at radius 2 is 1.87 bits per heavy atom. The highest BCUT2D eigenvalue weighted by Gasteiger charge is 2.20. The maximum atomic E-state index is 11.1. The summed E-state index contributed by atoms with van der Waals surface area (Å²) in [6.07, 6.45) is 3.02. The summed E-state index contributed by atoms with van der Waals surface area (Å²) in [6, 6.07) is 0. The summed E-state index contributed by atoms with van der Waals surface area (Å²) < 4.78 is 0. The van der Waals surface area contributed by atoms with Gasteiger partial charge in [-0.15, -0.1) is 0 Å². The highest BCUT2D eigenvalue weighted by atomic mass is 35.5. The van der Waals surface area contributed by atoms with Gasteiger partial charge in [-0.25, -0.2) is 0 Å². The average Bonchev–Trinajstić information content (AvgIpc) is 2.16. The van der Waals surface area contributed by atoms with E-state index in [-0.39, 0.29) is 16.2 Å². The van der Waals surface area contributed by atoms with Gasteiger partial charge in [0, 0.05) is 6.92 Å². The fourth-order valence-electron chi connectivity index (χ4n) is 1.25. The van der Waals surface area contributed by atoms with Crippen LogP contribution in [0.15, 0.2) is 16.3 Å². The molecule has 0 atom stereocenters. The van der Waals surface area contributed by atoms with Crippen LogP contribution >= 0.6 is 11.6 Å². The fraction of sp³-hybridized carbons (Fsp3) is 0.692. The maximum absolute atomic E-state index is 11.1. The molecule has 0 amide bonds. The summed E-state index contributed by atoms with van der Waals surface area (Å²) in [7, 11) is 0. The molecule has 86 valence electrons. The third kappa shape index (κ3) is 4.68. The highest BCUT2D eigenvalue weighted by Crippen LogP contribution is 2.32. The molecule has 0 saturated carbocycles. The molecular formula is C13H21ClO. The lowest BCUT2D eigenvalue weighted by atomic mass is 9.80. The summed E-state index contributed by atoms with van der Waals surface area (Å²) in [5, 5.41) is 0.222. The Hall–Kier alpha value is -0.520. The Bertz CT molecular complexity index is 294. The minimum atomic E-state index is -0.114. The Morgan fingerprint density at radius 3 is 2.20 bits per heavy atom. The third-order valence-corrected chi connectivity index (χ3v) is 3.13. The zero-order valence-electron chi connectivity index (χ0n) is 10.4. The second-order valence-corrected chi connectivity index (χ2v) is 4.84. The van der Waals surface area contributed by atoms with Gasteiger partial charge in [0.15, 0.2) is 5.78 Å². The fourth-order valence-corrected chi connectivity index (χ4v) is 1.37. The minimum Gasteiger partial charge on any atom is -0.293 e. The van der Waals surface area contributed by atoms with E-state index in [9.17, 15) is 4.79 Å². The van der Waals surface area contributed by atoms with Crippen LogP contribution in [0.4, 0.5) is 0 Å². The van der Waals surface area contributed by atoms with Crippen LogP contribution in [0.2, 0.25) is 0 Å². The molecule has 0 aliphatic rings. The maximum Gasteiger partial charge on any atom is 0.178 e. The first-order chi connectivity index (χ1) is 6.85. The Kier molecular flexibility index (Phi) is 5.93.